The maximum absolute atomic E-state index is 12.9. The number of hydrogen-bond acceptors (Lipinski definition) is 11. The van der Waals surface area contributed by atoms with E-state index in [1.165, 1.54) is 6.33 Å². The second-order valence-corrected chi connectivity index (χ2v) is 11.2. The van der Waals surface area contributed by atoms with Gasteiger partial charge >= 0.3 is 17.2 Å². The Morgan fingerprint density at radius 3 is 1.96 bits per heavy atom. The standard InChI is InChI=1S/C34H31N5O6S/c35-30-29-31(37-20-36-30)39(21-38-29)27-16-24(18-42-32(40)22-10-4-1-5-11-22)25(19-43-33(41)23-12-6-2-7-13-23)17-28(27)45-34(46)44-26-14-8-3-9-15-26/h1-15,20-21,24-25,27-28H,16-19H2,(H2,35,36,37). The zero-order valence-electron chi connectivity index (χ0n) is 24.7. The van der Waals surface area contributed by atoms with Crippen LogP contribution >= 0.6 is 12.2 Å². The van der Waals surface area contributed by atoms with Gasteiger partial charge in [0, 0.05) is 24.1 Å². The molecule has 11 nitrogen and oxygen atoms in total. The monoisotopic (exact) mass is 637 g/mol. The number of ether oxygens (including phenoxy) is 4. The number of hydrogen-bond donors (Lipinski definition) is 1. The number of imidazole rings is 1. The molecule has 0 radical (unpaired) electrons. The zero-order chi connectivity index (χ0) is 31.9. The van der Waals surface area contributed by atoms with Gasteiger partial charge in [0.25, 0.3) is 0 Å². The fourth-order valence-corrected chi connectivity index (χ4v) is 5.88. The summed E-state index contributed by atoms with van der Waals surface area (Å²) in [6.07, 6.45) is 3.30. The highest BCUT2D eigenvalue weighted by molar-refractivity contribution is 7.79. The second kappa shape index (κ2) is 14.2. The molecule has 5 aromatic rings. The van der Waals surface area contributed by atoms with E-state index < -0.39 is 18.0 Å². The van der Waals surface area contributed by atoms with Crippen molar-refractivity contribution in [3.8, 4) is 5.75 Å². The van der Waals surface area contributed by atoms with Gasteiger partial charge in [0.1, 0.15) is 23.7 Å². The molecule has 12 heteroatoms. The van der Waals surface area contributed by atoms with Crippen molar-refractivity contribution in [3.05, 3.63) is 115 Å². The smallest absolute Gasteiger partial charge is 0.358 e. The number of para-hydroxylation sites is 1. The van der Waals surface area contributed by atoms with Gasteiger partial charge in [-0.25, -0.2) is 24.5 Å². The first kappa shape index (κ1) is 30.7. The fraction of sp³-hybridized carbons (Fsp3) is 0.235. The minimum Gasteiger partial charge on any atom is -0.462 e. The van der Waals surface area contributed by atoms with E-state index >= 15 is 0 Å². The van der Waals surface area contributed by atoms with Gasteiger partial charge in [-0.2, -0.15) is 0 Å². The van der Waals surface area contributed by atoms with Crippen molar-refractivity contribution in [3.63, 3.8) is 0 Å². The molecule has 0 saturated heterocycles. The number of benzene rings is 3. The molecule has 0 aliphatic heterocycles. The molecule has 4 atom stereocenters. The summed E-state index contributed by atoms with van der Waals surface area (Å²) in [7, 11) is 0. The molecule has 1 aliphatic rings. The van der Waals surface area contributed by atoms with Gasteiger partial charge in [0.2, 0.25) is 0 Å². The lowest BCUT2D eigenvalue weighted by molar-refractivity contribution is -0.0289. The number of fused-ring (bicyclic) bond motifs is 1. The van der Waals surface area contributed by atoms with Crippen LogP contribution in [0.25, 0.3) is 11.2 Å². The third-order valence-electron chi connectivity index (χ3n) is 7.99. The Morgan fingerprint density at radius 2 is 1.35 bits per heavy atom. The number of aromatic nitrogens is 4. The minimum atomic E-state index is -0.550. The van der Waals surface area contributed by atoms with E-state index in [0.717, 1.165) is 0 Å². The molecular weight excluding hydrogens is 606 g/mol. The number of esters is 2. The van der Waals surface area contributed by atoms with E-state index in [1.807, 2.05) is 34.9 Å². The van der Waals surface area contributed by atoms with E-state index in [9.17, 15) is 9.59 Å². The summed E-state index contributed by atoms with van der Waals surface area (Å²) >= 11 is 5.52. The summed E-state index contributed by atoms with van der Waals surface area (Å²) in [5.74, 6) is -0.600. The van der Waals surface area contributed by atoms with Crippen LogP contribution in [0, 0.1) is 11.8 Å². The molecule has 46 heavy (non-hydrogen) atoms. The Kier molecular flexibility index (Phi) is 9.44. The van der Waals surface area contributed by atoms with Crippen molar-refractivity contribution >= 4 is 46.4 Å². The van der Waals surface area contributed by atoms with Gasteiger partial charge in [-0.15, -0.1) is 0 Å². The van der Waals surface area contributed by atoms with Crippen LogP contribution < -0.4 is 10.5 Å². The van der Waals surface area contributed by atoms with Crippen molar-refractivity contribution in [2.75, 3.05) is 18.9 Å². The molecule has 1 fully saturated rings. The van der Waals surface area contributed by atoms with Gasteiger partial charge in [-0.3, -0.25) is 0 Å². The second-order valence-electron chi connectivity index (χ2n) is 10.9. The molecule has 2 heterocycles. The Hall–Kier alpha value is -5.36. The third kappa shape index (κ3) is 7.13. The van der Waals surface area contributed by atoms with Crippen molar-refractivity contribution < 1.29 is 28.5 Å². The summed E-state index contributed by atoms with van der Waals surface area (Å²) in [5, 5.41) is -0.0613. The summed E-state index contributed by atoms with van der Waals surface area (Å²) < 4.78 is 25.6. The predicted molar refractivity (Wildman–Crippen MR) is 173 cm³/mol. The van der Waals surface area contributed by atoms with Crippen LogP contribution in [0.4, 0.5) is 5.82 Å². The lowest BCUT2D eigenvalue weighted by atomic mass is 9.75. The number of nitrogens with two attached hydrogens (primary N) is 1. The molecule has 2 aromatic heterocycles. The molecule has 2 N–H and O–H groups in total. The highest BCUT2D eigenvalue weighted by atomic mass is 32.1. The largest absolute Gasteiger partial charge is 0.462 e. The summed E-state index contributed by atoms with van der Waals surface area (Å²) in [5.41, 5.74) is 7.96. The lowest BCUT2D eigenvalue weighted by Crippen LogP contribution is -2.43. The van der Waals surface area contributed by atoms with Gasteiger partial charge < -0.3 is 29.2 Å². The van der Waals surface area contributed by atoms with E-state index in [4.69, 9.17) is 36.9 Å². The minimum absolute atomic E-state index is 0.0613. The Morgan fingerprint density at radius 1 is 0.783 bits per heavy atom. The highest BCUT2D eigenvalue weighted by Crippen LogP contribution is 2.41. The van der Waals surface area contributed by atoms with E-state index in [-0.39, 0.29) is 42.1 Å². The predicted octanol–water partition coefficient (Wildman–Crippen LogP) is 5.44. The van der Waals surface area contributed by atoms with Crippen molar-refractivity contribution in [1.82, 2.24) is 19.5 Å². The van der Waals surface area contributed by atoms with E-state index in [2.05, 4.69) is 15.0 Å². The molecule has 0 spiro atoms. The Balaban J connectivity index is 1.28. The summed E-state index contributed by atoms with van der Waals surface area (Å²) in [6, 6.07) is 26.3. The first-order chi connectivity index (χ1) is 22.5. The number of thiocarbonyl (C=S) groups is 1. The summed E-state index contributed by atoms with van der Waals surface area (Å²) in [6.45, 7) is 0.152. The van der Waals surface area contributed by atoms with E-state index in [0.29, 0.717) is 40.9 Å². The van der Waals surface area contributed by atoms with E-state index in [1.54, 1.807) is 67.0 Å². The molecular formula is C34H31N5O6S. The van der Waals surface area contributed by atoms with Crippen molar-refractivity contribution in [2.24, 2.45) is 11.8 Å². The number of carbonyl (C=O) groups is 2. The molecule has 6 rings (SSSR count). The maximum Gasteiger partial charge on any atom is 0.358 e. The Labute approximate surface area is 270 Å². The topological polar surface area (TPSA) is 141 Å². The van der Waals surface area contributed by atoms with Gasteiger partial charge in [0.15, 0.2) is 11.5 Å². The molecule has 3 aromatic carbocycles. The number of nitrogen functional groups attached to an aromatic ring is 1. The molecule has 234 valence electrons. The van der Waals surface area contributed by atoms with Gasteiger partial charge in [-0.05, 0) is 49.2 Å². The molecule has 1 saturated carbocycles. The van der Waals surface area contributed by atoms with Crippen LogP contribution in [-0.2, 0) is 14.2 Å². The normalized spacial score (nSPS) is 19.2. The average molecular weight is 638 g/mol. The zero-order valence-corrected chi connectivity index (χ0v) is 25.5. The summed E-state index contributed by atoms with van der Waals surface area (Å²) in [4.78, 5) is 38.8. The Bertz CT molecular complexity index is 1800. The number of anilines is 1. The number of nitrogens with zero attached hydrogens (tertiary/aromatic N) is 4. The van der Waals surface area contributed by atoms with Crippen LogP contribution in [0.1, 0.15) is 39.6 Å². The van der Waals surface area contributed by atoms with Crippen LogP contribution in [0.3, 0.4) is 0 Å². The fourth-order valence-electron chi connectivity index (χ4n) is 5.66. The van der Waals surface area contributed by atoms with Crippen LogP contribution in [0.2, 0.25) is 0 Å². The quantitative estimate of drug-likeness (QED) is 0.163. The molecule has 1 aliphatic carbocycles. The molecule has 0 amide bonds. The maximum atomic E-state index is 12.9. The van der Waals surface area contributed by atoms with Crippen LogP contribution in [0.5, 0.6) is 5.75 Å². The van der Waals surface area contributed by atoms with Crippen molar-refractivity contribution in [1.29, 1.82) is 0 Å². The van der Waals surface area contributed by atoms with Crippen LogP contribution in [-0.4, -0.2) is 56.0 Å². The van der Waals surface area contributed by atoms with Gasteiger partial charge in [0.05, 0.1) is 36.7 Å². The molecule has 4 unspecified atom stereocenters. The van der Waals surface area contributed by atoms with Crippen LogP contribution in [0.15, 0.2) is 104 Å². The highest BCUT2D eigenvalue weighted by Gasteiger charge is 2.42. The van der Waals surface area contributed by atoms with Crippen molar-refractivity contribution in [2.45, 2.75) is 25.0 Å². The molecule has 0 bridgehead atoms. The number of carbonyl (C=O) groups excluding carboxylic acids is 2. The van der Waals surface area contributed by atoms with Gasteiger partial charge in [-0.1, -0.05) is 54.6 Å². The average Bonchev–Trinajstić information content (AvgIpc) is 3.53. The number of rotatable bonds is 9. The SMILES string of the molecule is Nc1ncnc2c1ncn2C1CC(COC(=O)c2ccccc2)C(COC(=O)c2ccccc2)CC1OC(=S)Oc1ccccc1. The third-order valence-corrected chi connectivity index (χ3v) is 8.17. The first-order valence-corrected chi connectivity index (χ1v) is 15.2. The lowest BCUT2D eigenvalue weighted by Gasteiger charge is -2.41. The first-order valence-electron chi connectivity index (χ1n) is 14.8.